The van der Waals surface area contributed by atoms with E-state index >= 15 is 0 Å². The quantitative estimate of drug-likeness (QED) is 0.580. The van der Waals surface area contributed by atoms with Crippen molar-refractivity contribution in [3.8, 4) is 5.75 Å². The van der Waals surface area contributed by atoms with Crippen LogP contribution in [-0.4, -0.2) is 23.3 Å². The van der Waals surface area contributed by atoms with Crippen molar-refractivity contribution in [1.82, 2.24) is 9.97 Å². The lowest BCUT2D eigenvalue weighted by molar-refractivity contribution is 0.411. The van der Waals surface area contributed by atoms with Gasteiger partial charge < -0.3 is 4.74 Å². The number of aryl methyl sites for hydroxylation is 1. The normalized spacial score (nSPS) is 11.1. The fourth-order valence-electron chi connectivity index (χ4n) is 2.13. The second-order valence-electron chi connectivity index (χ2n) is 4.95. The second kappa shape index (κ2) is 6.62. The van der Waals surface area contributed by atoms with Crippen LogP contribution in [0.1, 0.15) is 11.1 Å². The Morgan fingerprint density at radius 3 is 2.61 bits per heavy atom. The van der Waals surface area contributed by atoms with Crippen LogP contribution in [0.4, 0.5) is 5.82 Å². The minimum absolute atomic E-state index is 0.280. The second-order valence-corrected chi connectivity index (χ2v) is 5.31. The zero-order valence-corrected chi connectivity index (χ0v) is 13.5. The SMILES string of the molecule is COc1cc(C=NNc2nc3ccccc3nc2Cl)ccc1C. The van der Waals surface area contributed by atoms with Gasteiger partial charge in [-0.15, -0.1) is 0 Å². The molecule has 1 heterocycles. The van der Waals surface area contributed by atoms with Gasteiger partial charge in [-0.25, -0.2) is 9.97 Å². The lowest BCUT2D eigenvalue weighted by atomic mass is 10.1. The first-order valence-electron chi connectivity index (χ1n) is 7.03. The third-order valence-electron chi connectivity index (χ3n) is 3.34. The Balaban J connectivity index is 1.81. The molecule has 6 heteroatoms. The number of para-hydroxylation sites is 2. The van der Waals surface area contributed by atoms with E-state index in [0.717, 1.165) is 27.9 Å². The molecule has 1 aromatic heterocycles. The van der Waals surface area contributed by atoms with E-state index in [4.69, 9.17) is 16.3 Å². The summed E-state index contributed by atoms with van der Waals surface area (Å²) in [6.07, 6.45) is 1.68. The molecule has 23 heavy (non-hydrogen) atoms. The Morgan fingerprint density at radius 1 is 1.13 bits per heavy atom. The molecule has 0 unspecified atom stereocenters. The Kier molecular flexibility index (Phi) is 4.39. The van der Waals surface area contributed by atoms with Crippen molar-refractivity contribution < 1.29 is 4.74 Å². The van der Waals surface area contributed by atoms with E-state index in [0.29, 0.717) is 5.82 Å². The highest BCUT2D eigenvalue weighted by atomic mass is 35.5. The molecule has 2 aromatic carbocycles. The summed E-state index contributed by atoms with van der Waals surface area (Å²) in [4.78, 5) is 8.70. The molecule has 0 bridgehead atoms. The van der Waals surface area contributed by atoms with Gasteiger partial charge in [0.1, 0.15) is 5.75 Å². The highest BCUT2D eigenvalue weighted by Crippen LogP contribution is 2.21. The van der Waals surface area contributed by atoms with Crippen molar-refractivity contribution in [3.63, 3.8) is 0 Å². The molecule has 0 spiro atoms. The zero-order valence-electron chi connectivity index (χ0n) is 12.7. The Hall–Kier alpha value is -2.66. The van der Waals surface area contributed by atoms with Crippen molar-refractivity contribution in [2.24, 2.45) is 5.10 Å². The number of rotatable bonds is 4. The lowest BCUT2D eigenvalue weighted by Gasteiger charge is -2.05. The number of nitrogens with one attached hydrogen (secondary N) is 1. The van der Waals surface area contributed by atoms with Gasteiger partial charge in [0.05, 0.1) is 24.4 Å². The molecule has 3 aromatic rings. The third kappa shape index (κ3) is 3.40. The predicted molar refractivity (Wildman–Crippen MR) is 93.5 cm³/mol. The Bertz CT molecular complexity index is 880. The summed E-state index contributed by atoms with van der Waals surface area (Å²) in [5, 5.41) is 4.45. The average Bonchev–Trinajstić information content (AvgIpc) is 2.56. The minimum Gasteiger partial charge on any atom is -0.496 e. The maximum Gasteiger partial charge on any atom is 0.185 e. The molecular formula is C17H15ClN4O. The van der Waals surface area contributed by atoms with Crippen molar-refractivity contribution in [1.29, 1.82) is 0 Å². The van der Waals surface area contributed by atoms with Crippen LogP contribution in [0.5, 0.6) is 5.75 Å². The number of hydrazone groups is 1. The highest BCUT2D eigenvalue weighted by molar-refractivity contribution is 6.32. The summed E-state index contributed by atoms with van der Waals surface area (Å²) < 4.78 is 5.29. The number of anilines is 1. The molecule has 0 amide bonds. The van der Waals surface area contributed by atoms with Gasteiger partial charge in [-0.1, -0.05) is 35.9 Å². The first-order valence-corrected chi connectivity index (χ1v) is 7.41. The van der Waals surface area contributed by atoms with E-state index in [1.54, 1.807) is 13.3 Å². The van der Waals surface area contributed by atoms with Gasteiger partial charge in [-0.05, 0) is 36.2 Å². The molecule has 0 aliphatic carbocycles. The van der Waals surface area contributed by atoms with Gasteiger partial charge in [0.15, 0.2) is 11.0 Å². The number of aromatic nitrogens is 2. The summed E-state index contributed by atoms with van der Waals surface area (Å²) in [6, 6.07) is 13.4. The van der Waals surface area contributed by atoms with Gasteiger partial charge in [0.25, 0.3) is 0 Å². The molecule has 0 fully saturated rings. The largest absolute Gasteiger partial charge is 0.496 e. The molecule has 5 nitrogen and oxygen atoms in total. The highest BCUT2D eigenvalue weighted by Gasteiger charge is 2.05. The fourth-order valence-corrected chi connectivity index (χ4v) is 2.31. The Morgan fingerprint density at radius 2 is 1.87 bits per heavy atom. The number of methoxy groups -OCH3 is 1. The van der Waals surface area contributed by atoms with Gasteiger partial charge in [0.2, 0.25) is 0 Å². The van der Waals surface area contributed by atoms with Crippen molar-refractivity contribution in [2.75, 3.05) is 12.5 Å². The molecule has 116 valence electrons. The summed E-state index contributed by atoms with van der Waals surface area (Å²) in [6.45, 7) is 1.99. The molecule has 0 aliphatic heterocycles. The Labute approximate surface area is 139 Å². The summed E-state index contributed by atoms with van der Waals surface area (Å²) in [7, 11) is 1.64. The van der Waals surface area contributed by atoms with E-state index in [9.17, 15) is 0 Å². The zero-order chi connectivity index (χ0) is 16.2. The van der Waals surface area contributed by atoms with Crippen LogP contribution in [-0.2, 0) is 0 Å². The standard InChI is InChI=1S/C17H15ClN4O/c1-11-7-8-12(9-15(11)23-2)10-19-22-17-16(18)20-13-5-3-4-6-14(13)21-17/h3-10H,1-2H3,(H,21,22). The van der Waals surface area contributed by atoms with Crippen LogP contribution in [0.25, 0.3) is 11.0 Å². The van der Waals surface area contributed by atoms with E-state index in [1.165, 1.54) is 0 Å². The van der Waals surface area contributed by atoms with Crippen LogP contribution >= 0.6 is 11.6 Å². The third-order valence-corrected chi connectivity index (χ3v) is 3.61. The van der Waals surface area contributed by atoms with Gasteiger partial charge in [0, 0.05) is 0 Å². The number of fused-ring (bicyclic) bond motifs is 1. The number of hydrogen-bond acceptors (Lipinski definition) is 5. The van der Waals surface area contributed by atoms with E-state index in [1.807, 2.05) is 49.4 Å². The average molecular weight is 327 g/mol. The number of ether oxygens (including phenoxy) is 1. The number of hydrogen-bond donors (Lipinski definition) is 1. The molecule has 1 N–H and O–H groups in total. The molecule has 0 radical (unpaired) electrons. The van der Waals surface area contributed by atoms with E-state index in [2.05, 4.69) is 20.5 Å². The number of benzene rings is 2. The van der Waals surface area contributed by atoms with E-state index < -0.39 is 0 Å². The fraction of sp³-hybridized carbons (Fsp3) is 0.118. The minimum atomic E-state index is 0.280. The van der Waals surface area contributed by atoms with Crippen LogP contribution in [0.3, 0.4) is 0 Å². The topological polar surface area (TPSA) is 59.4 Å². The van der Waals surface area contributed by atoms with Crippen LogP contribution in [0, 0.1) is 6.92 Å². The van der Waals surface area contributed by atoms with Crippen molar-refractivity contribution in [3.05, 3.63) is 58.7 Å². The van der Waals surface area contributed by atoms with Crippen molar-refractivity contribution in [2.45, 2.75) is 6.92 Å². The maximum absolute atomic E-state index is 6.12. The number of nitrogens with zero attached hydrogens (tertiary/aromatic N) is 3. The molecule has 0 atom stereocenters. The first kappa shape index (κ1) is 15.2. The lowest BCUT2D eigenvalue weighted by Crippen LogP contribution is -1.97. The van der Waals surface area contributed by atoms with Crippen LogP contribution in [0.2, 0.25) is 5.15 Å². The molecular weight excluding hydrogens is 312 g/mol. The van der Waals surface area contributed by atoms with Crippen LogP contribution < -0.4 is 10.2 Å². The number of halogens is 1. The van der Waals surface area contributed by atoms with Gasteiger partial charge >= 0.3 is 0 Å². The smallest absolute Gasteiger partial charge is 0.185 e. The van der Waals surface area contributed by atoms with E-state index in [-0.39, 0.29) is 5.15 Å². The van der Waals surface area contributed by atoms with Gasteiger partial charge in [-0.3, -0.25) is 5.43 Å². The summed E-state index contributed by atoms with van der Waals surface area (Å²) >= 11 is 6.12. The molecule has 0 saturated carbocycles. The maximum atomic E-state index is 6.12. The van der Waals surface area contributed by atoms with Crippen LogP contribution in [0.15, 0.2) is 47.6 Å². The van der Waals surface area contributed by atoms with Gasteiger partial charge in [-0.2, -0.15) is 5.10 Å². The molecule has 0 aliphatic rings. The summed E-state index contributed by atoms with van der Waals surface area (Å²) in [5.74, 6) is 1.23. The monoisotopic (exact) mass is 326 g/mol. The summed E-state index contributed by atoms with van der Waals surface area (Å²) in [5.41, 5.74) is 6.31. The first-order chi connectivity index (χ1) is 11.2. The van der Waals surface area contributed by atoms with Crippen molar-refractivity contribution >= 4 is 34.7 Å². The molecule has 0 saturated heterocycles. The molecule has 3 rings (SSSR count). The predicted octanol–water partition coefficient (Wildman–Crippen LogP) is 4.05.